The number of pyridine rings is 1. The number of hydrogen-bond acceptors (Lipinski definition) is 7. The second kappa shape index (κ2) is 12.3. The van der Waals surface area contributed by atoms with E-state index in [0.29, 0.717) is 23.4 Å². The van der Waals surface area contributed by atoms with Crippen molar-refractivity contribution >= 4 is 64.3 Å². The zero-order chi connectivity index (χ0) is 35.6. The van der Waals surface area contributed by atoms with Gasteiger partial charge in [-0.2, -0.15) is 0 Å². The number of thiophene rings is 1. The number of rotatable bonds is 5. The molecule has 0 spiro atoms. The van der Waals surface area contributed by atoms with Gasteiger partial charge in [-0.25, -0.2) is 24.9 Å². The van der Waals surface area contributed by atoms with Crippen LogP contribution in [0, 0.1) is 0 Å². The standard InChI is InChI=1S/C47H27N5OS/c1-3-12-29(13-4-1)44-50-45(52-46(51-44)36-19-11-18-33-32-16-8-10-21-39(32)54-43(33)36)30-24-22-28(23-25-30)41-35-26-27-38-42(40(35)34-17-7-9-20-37(34)48-41)49-47(53-38)31-14-5-2-6-15-31/h1-27H. The van der Waals surface area contributed by atoms with Gasteiger partial charge in [-0.15, -0.1) is 11.3 Å². The van der Waals surface area contributed by atoms with E-state index in [2.05, 4.69) is 84.9 Å². The van der Waals surface area contributed by atoms with Gasteiger partial charge in [0.1, 0.15) is 5.52 Å². The van der Waals surface area contributed by atoms with E-state index in [4.69, 9.17) is 29.3 Å². The lowest BCUT2D eigenvalue weighted by atomic mass is 9.98. The average molecular weight is 710 g/mol. The van der Waals surface area contributed by atoms with E-state index >= 15 is 0 Å². The van der Waals surface area contributed by atoms with E-state index in [-0.39, 0.29) is 0 Å². The first-order chi connectivity index (χ1) is 26.7. The predicted molar refractivity (Wildman–Crippen MR) is 220 cm³/mol. The largest absolute Gasteiger partial charge is 0.436 e. The monoisotopic (exact) mass is 709 g/mol. The van der Waals surface area contributed by atoms with E-state index in [1.165, 1.54) is 15.5 Å². The topological polar surface area (TPSA) is 77.6 Å². The quantitative estimate of drug-likeness (QED) is 0.166. The van der Waals surface area contributed by atoms with Crippen LogP contribution in [0.3, 0.4) is 0 Å². The molecule has 252 valence electrons. The van der Waals surface area contributed by atoms with Gasteiger partial charge in [-0.1, -0.05) is 121 Å². The molecule has 0 atom stereocenters. The van der Waals surface area contributed by atoms with E-state index < -0.39 is 0 Å². The molecule has 0 saturated carbocycles. The molecular weight excluding hydrogens is 683 g/mol. The Morgan fingerprint density at radius 3 is 1.83 bits per heavy atom. The van der Waals surface area contributed by atoms with E-state index in [0.717, 1.165) is 71.0 Å². The first kappa shape index (κ1) is 30.5. The summed E-state index contributed by atoms with van der Waals surface area (Å²) in [6, 6.07) is 55.7. The van der Waals surface area contributed by atoms with Crippen LogP contribution >= 0.6 is 11.3 Å². The highest BCUT2D eigenvalue weighted by Crippen LogP contribution is 2.41. The van der Waals surface area contributed by atoms with Gasteiger partial charge in [0.25, 0.3) is 0 Å². The van der Waals surface area contributed by atoms with Crippen molar-refractivity contribution in [2.75, 3.05) is 0 Å². The van der Waals surface area contributed by atoms with Crippen LogP contribution in [0.15, 0.2) is 168 Å². The van der Waals surface area contributed by atoms with Crippen LogP contribution in [-0.2, 0) is 0 Å². The molecule has 0 aliphatic rings. The Labute approximate surface area is 313 Å². The molecule has 0 fully saturated rings. The summed E-state index contributed by atoms with van der Waals surface area (Å²) in [5.41, 5.74) is 8.07. The molecule has 11 rings (SSSR count). The zero-order valence-corrected chi connectivity index (χ0v) is 29.5. The summed E-state index contributed by atoms with van der Waals surface area (Å²) in [6.45, 7) is 0. The maximum Gasteiger partial charge on any atom is 0.227 e. The molecule has 0 saturated heterocycles. The summed E-state index contributed by atoms with van der Waals surface area (Å²) in [4.78, 5) is 25.4. The Morgan fingerprint density at radius 1 is 0.407 bits per heavy atom. The fraction of sp³-hybridized carbons (Fsp3) is 0. The summed E-state index contributed by atoms with van der Waals surface area (Å²) >= 11 is 1.77. The van der Waals surface area contributed by atoms with Crippen molar-refractivity contribution in [3.63, 3.8) is 0 Å². The van der Waals surface area contributed by atoms with Crippen LogP contribution in [0.2, 0.25) is 0 Å². The minimum atomic E-state index is 0.597. The molecule has 4 aromatic heterocycles. The summed E-state index contributed by atoms with van der Waals surface area (Å²) in [5.74, 6) is 2.48. The Morgan fingerprint density at radius 2 is 1.04 bits per heavy atom. The molecule has 7 aromatic carbocycles. The fourth-order valence-corrected chi connectivity index (χ4v) is 8.61. The molecule has 0 radical (unpaired) electrons. The van der Waals surface area contributed by atoms with Crippen LogP contribution in [0.1, 0.15) is 0 Å². The lowest BCUT2D eigenvalue weighted by Gasteiger charge is -2.12. The summed E-state index contributed by atoms with van der Waals surface area (Å²) in [7, 11) is 0. The Hall–Kier alpha value is -7.09. The van der Waals surface area contributed by atoms with Crippen LogP contribution in [-0.4, -0.2) is 24.9 Å². The van der Waals surface area contributed by atoms with Gasteiger partial charge in [0, 0.05) is 64.1 Å². The van der Waals surface area contributed by atoms with E-state index in [9.17, 15) is 0 Å². The molecule has 0 amide bonds. The highest BCUT2D eigenvalue weighted by molar-refractivity contribution is 7.26. The highest BCUT2D eigenvalue weighted by atomic mass is 32.1. The summed E-state index contributed by atoms with van der Waals surface area (Å²) in [5, 5.41) is 5.50. The van der Waals surface area contributed by atoms with Crippen molar-refractivity contribution in [3.8, 4) is 56.9 Å². The number of aromatic nitrogens is 5. The van der Waals surface area contributed by atoms with Crippen molar-refractivity contribution in [2.45, 2.75) is 0 Å². The third kappa shape index (κ3) is 4.98. The molecule has 0 aliphatic carbocycles. The molecule has 0 aliphatic heterocycles. The van der Waals surface area contributed by atoms with Gasteiger partial charge in [0.15, 0.2) is 23.1 Å². The average Bonchev–Trinajstić information content (AvgIpc) is 3.86. The molecule has 11 aromatic rings. The number of hydrogen-bond donors (Lipinski definition) is 0. The van der Waals surface area contributed by atoms with Crippen molar-refractivity contribution in [1.29, 1.82) is 0 Å². The third-order valence-electron chi connectivity index (χ3n) is 9.97. The molecule has 0 bridgehead atoms. The maximum atomic E-state index is 6.29. The van der Waals surface area contributed by atoms with Crippen LogP contribution in [0.4, 0.5) is 0 Å². The van der Waals surface area contributed by atoms with E-state index in [1.807, 2.05) is 78.9 Å². The van der Waals surface area contributed by atoms with Gasteiger partial charge in [0.2, 0.25) is 5.89 Å². The van der Waals surface area contributed by atoms with Gasteiger partial charge in [-0.05, 0) is 42.5 Å². The SMILES string of the molecule is c1ccc(-c2nc(-c3ccc(-c4nc5ccccc5c5c4ccc4oc(-c6ccccc6)nc45)cc3)nc(-c3cccc4c3sc3ccccc34)n2)cc1. The molecule has 0 N–H and O–H groups in total. The lowest BCUT2D eigenvalue weighted by molar-refractivity contribution is 0.620. The van der Waals surface area contributed by atoms with Crippen LogP contribution in [0.5, 0.6) is 0 Å². The van der Waals surface area contributed by atoms with Gasteiger partial charge in [-0.3, -0.25) is 0 Å². The second-order valence-corrected chi connectivity index (χ2v) is 14.3. The third-order valence-corrected chi connectivity index (χ3v) is 11.2. The van der Waals surface area contributed by atoms with Crippen molar-refractivity contribution < 1.29 is 4.42 Å². The minimum absolute atomic E-state index is 0.597. The number of oxazole rings is 1. The first-order valence-electron chi connectivity index (χ1n) is 17.8. The van der Waals surface area contributed by atoms with Crippen LogP contribution < -0.4 is 0 Å². The molecule has 0 unspecified atom stereocenters. The predicted octanol–water partition coefficient (Wildman–Crippen LogP) is 12.4. The van der Waals surface area contributed by atoms with Crippen molar-refractivity contribution in [1.82, 2.24) is 24.9 Å². The van der Waals surface area contributed by atoms with Gasteiger partial charge < -0.3 is 4.42 Å². The van der Waals surface area contributed by atoms with Gasteiger partial charge >= 0.3 is 0 Å². The molecule has 7 heteroatoms. The van der Waals surface area contributed by atoms with E-state index in [1.54, 1.807) is 11.3 Å². The zero-order valence-electron chi connectivity index (χ0n) is 28.6. The van der Waals surface area contributed by atoms with Crippen LogP contribution in [0.25, 0.3) is 110 Å². The molecular formula is C47H27N5OS. The Balaban J connectivity index is 1.06. The number of benzene rings is 7. The highest BCUT2D eigenvalue weighted by Gasteiger charge is 2.19. The van der Waals surface area contributed by atoms with Gasteiger partial charge in [0.05, 0.1) is 11.2 Å². The molecule has 6 nitrogen and oxygen atoms in total. The first-order valence-corrected chi connectivity index (χ1v) is 18.6. The fourth-order valence-electron chi connectivity index (χ4n) is 7.39. The normalized spacial score (nSPS) is 11.7. The molecule has 4 heterocycles. The summed E-state index contributed by atoms with van der Waals surface area (Å²) in [6.07, 6.45) is 0. The maximum absolute atomic E-state index is 6.29. The minimum Gasteiger partial charge on any atom is -0.436 e. The number of para-hydroxylation sites is 1. The lowest BCUT2D eigenvalue weighted by Crippen LogP contribution is -2.00. The Bertz CT molecular complexity index is 3210. The summed E-state index contributed by atoms with van der Waals surface area (Å²) < 4.78 is 8.70. The molecule has 54 heavy (non-hydrogen) atoms. The smallest absolute Gasteiger partial charge is 0.227 e. The van der Waals surface area contributed by atoms with Crippen molar-refractivity contribution in [2.24, 2.45) is 0 Å². The Kier molecular flexibility index (Phi) is 6.93. The number of nitrogens with zero attached hydrogens (tertiary/aromatic N) is 5. The second-order valence-electron chi connectivity index (χ2n) is 13.2. The van der Waals surface area contributed by atoms with Crippen molar-refractivity contribution in [3.05, 3.63) is 164 Å². The number of fused-ring (bicyclic) bond motifs is 8.